The van der Waals surface area contributed by atoms with Crippen molar-refractivity contribution in [2.24, 2.45) is 5.92 Å². The van der Waals surface area contributed by atoms with Gasteiger partial charge in [-0.2, -0.15) is 0 Å². The molecule has 2 heterocycles. The Labute approximate surface area is 204 Å². The summed E-state index contributed by atoms with van der Waals surface area (Å²) in [6.45, 7) is 6.37. The van der Waals surface area contributed by atoms with Crippen molar-refractivity contribution in [1.82, 2.24) is 4.90 Å². The van der Waals surface area contributed by atoms with E-state index in [4.69, 9.17) is 16.0 Å². The molecular formula is C27H28ClN3O3. The molecule has 2 amide bonds. The standard InChI is InChI=1S/C27H28ClN3O3/c1-19(2)27(33)31-17-15-30(16-18-31)26-22(28)9-6-10-23(26)29-25(32)14-12-21-11-13-24(34-21)20-7-4-3-5-8-20/h3-14,19H,15-18H2,1-2H3,(H,29,32)/b14-12+. The quantitative estimate of drug-likeness (QED) is 0.472. The van der Waals surface area contributed by atoms with Crippen LogP contribution in [0.15, 0.2) is 71.2 Å². The molecule has 1 aliphatic heterocycles. The van der Waals surface area contributed by atoms with Crippen LogP contribution in [-0.4, -0.2) is 42.9 Å². The second-order valence-electron chi connectivity index (χ2n) is 8.49. The number of hydrogen-bond donors (Lipinski definition) is 1. The normalized spacial score (nSPS) is 14.1. The molecule has 0 radical (unpaired) electrons. The number of rotatable bonds is 6. The molecule has 1 fully saturated rings. The van der Waals surface area contributed by atoms with E-state index in [1.807, 2.05) is 79.4 Å². The Morgan fingerprint density at radius 2 is 1.71 bits per heavy atom. The molecule has 2 aromatic carbocycles. The van der Waals surface area contributed by atoms with Gasteiger partial charge in [-0.25, -0.2) is 0 Å². The van der Waals surface area contributed by atoms with Gasteiger partial charge in [-0.1, -0.05) is 61.8 Å². The first kappa shape index (κ1) is 23.6. The highest BCUT2D eigenvalue weighted by Crippen LogP contribution is 2.35. The number of furan rings is 1. The molecule has 176 valence electrons. The molecule has 4 rings (SSSR count). The van der Waals surface area contributed by atoms with Crippen LogP contribution in [0.5, 0.6) is 0 Å². The minimum Gasteiger partial charge on any atom is -0.457 e. The molecule has 1 N–H and O–H groups in total. The Hall–Kier alpha value is -3.51. The summed E-state index contributed by atoms with van der Waals surface area (Å²) in [6, 6.07) is 18.9. The zero-order valence-electron chi connectivity index (χ0n) is 19.3. The molecule has 7 heteroatoms. The molecule has 0 aliphatic carbocycles. The van der Waals surface area contributed by atoms with E-state index in [-0.39, 0.29) is 17.7 Å². The maximum absolute atomic E-state index is 12.7. The summed E-state index contributed by atoms with van der Waals surface area (Å²) >= 11 is 6.52. The number of hydrogen-bond acceptors (Lipinski definition) is 4. The Kier molecular flexibility index (Phi) is 7.38. The van der Waals surface area contributed by atoms with E-state index in [1.165, 1.54) is 6.08 Å². The Morgan fingerprint density at radius 3 is 2.41 bits per heavy atom. The lowest BCUT2D eigenvalue weighted by atomic mass is 10.1. The van der Waals surface area contributed by atoms with Gasteiger partial charge in [-0.3, -0.25) is 9.59 Å². The summed E-state index contributed by atoms with van der Waals surface area (Å²) in [4.78, 5) is 29.0. The molecule has 0 atom stereocenters. The lowest BCUT2D eigenvalue weighted by Gasteiger charge is -2.38. The highest BCUT2D eigenvalue weighted by molar-refractivity contribution is 6.34. The van der Waals surface area contributed by atoms with E-state index in [0.29, 0.717) is 42.6 Å². The largest absolute Gasteiger partial charge is 0.457 e. The lowest BCUT2D eigenvalue weighted by Crippen LogP contribution is -2.50. The Morgan fingerprint density at radius 1 is 0.971 bits per heavy atom. The molecule has 1 aliphatic rings. The van der Waals surface area contributed by atoms with E-state index in [9.17, 15) is 9.59 Å². The van der Waals surface area contributed by atoms with Crippen molar-refractivity contribution < 1.29 is 14.0 Å². The third kappa shape index (κ3) is 5.51. The van der Waals surface area contributed by atoms with Crippen LogP contribution in [-0.2, 0) is 9.59 Å². The van der Waals surface area contributed by atoms with Crippen LogP contribution in [0.2, 0.25) is 5.02 Å². The number of carbonyl (C=O) groups is 2. The number of benzene rings is 2. The van der Waals surface area contributed by atoms with Gasteiger partial charge in [0.2, 0.25) is 11.8 Å². The van der Waals surface area contributed by atoms with E-state index in [1.54, 1.807) is 6.08 Å². The predicted molar refractivity (Wildman–Crippen MR) is 137 cm³/mol. The van der Waals surface area contributed by atoms with Gasteiger partial charge in [0.05, 0.1) is 16.4 Å². The average molecular weight is 478 g/mol. The third-order valence-electron chi connectivity index (χ3n) is 5.73. The molecule has 1 aromatic heterocycles. The molecule has 6 nitrogen and oxygen atoms in total. The van der Waals surface area contributed by atoms with Gasteiger partial charge in [0.1, 0.15) is 11.5 Å². The van der Waals surface area contributed by atoms with Crippen LogP contribution < -0.4 is 10.2 Å². The molecule has 0 unspecified atom stereocenters. The van der Waals surface area contributed by atoms with Crippen molar-refractivity contribution in [2.75, 3.05) is 36.4 Å². The fraction of sp³-hybridized carbons (Fsp3) is 0.259. The summed E-state index contributed by atoms with van der Waals surface area (Å²) in [5.74, 6) is 1.19. The molecular weight excluding hydrogens is 450 g/mol. The fourth-order valence-electron chi connectivity index (χ4n) is 3.99. The maximum atomic E-state index is 12.7. The zero-order valence-corrected chi connectivity index (χ0v) is 20.1. The van der Waals surface area contributed by atoms with Gasteiger partial charge < -0.3 is 19.5 Å². The van der Waals surface area contributed by atoms with Gasteiger partial charge in [-0.15, -0.1) is 0 Å². The number of nitrogens with one attached hydrogen (secondary N) is 1. The maximum Gasteiger partial charge on any atom is 0.248 e. The number of anilines is 2. The number of carbonyl (C=O) groups excluding carboxylic acids is 2. The number of halogens is 1. The van der Waals surface area contributed by atoms with Crippen LogP contribution in [0.4, 0.5) is 11.4 Å². The van der Waals surface area contributed by atoms with Crippen LogP contribution in [0.1, 0.15) is 19.6 Å². The molecule has 0 saturated carbocycles. The van der Waals surface area contributed by atoms with Gasteiger partial charge in [-0.05, 0) is 30.3 Å². The first-order chi connectivity index (χ1) is 16.4. The van der Waals surface area contributed by atoms with Crippen molar-refractivity contribution >= 4 is 40.9 Å². The first-order valence-electron chi connectivity index (χ1n) is 11.4. The molecule has 0 bridgehead atoms. The van der Waals surface area contributed by atoms with Crippen LogP contribution >= 0.6 is 11.6 Å². The van der Waals surface area contributed by atoms with E-state index in [0.717, 1.165) is 17.0 Å². The van der Waals surface area contributed by atoms with Crippen molar-refractivity contribution in [2.45, 2.75) is 13.8 Å². The van der Waals surface area contributed by atoms with E-state index < -0.39 is 0 Å². The zero-order chi connectivity index (χ0) is 24.1. The second kappa shape index (κ2) is 10.6. The van der Waals surface area contributed by atoms with E-state index in [2.05, 4.69) is 10.2 Å². The topological polar surface area (TPSA) is 65.8 Å². The van der Waals surface area contributed by atoms with Gasteiger partial charge in [0.15, 0.2) is 0 Å². The molecule has 0 spiro atoms. The van der Waals surface area contributed by atoms with Crippen LogP contribution in [0.25, 0.3) is 17.4 Å². The third-order valence-corrected chi connectivity index (χ3v) is 6.04. The monoisotopic (exact) mass is 477 g/mol. The highest BCUT2D eigenvalue weighted by Gasteiger charge is 2.25. The molecule has 1 saturated heterocycles. The SMILES string of the molecule is CC(C)C(=O)N1CCN(c2c(Cl)cccc2NC(=O)/C=C/c2ccc(-c3ccccc3)o2)CC1. The summed E-state index contributed by atoms with van der Waals surface area (Å²) in [6.07, 6.45) is 3.08. The van der Waals surface area contributed by atoms with Gasteiger partial charge in [0, 0.05) is 43.7 Å². The fourth-order valence-corrected chi connectivity index (χ4v) is 4.28. The van der Waals surface area contributed by atoms with E-state index >= 15 is 0 Å². The van der Waals surface area contributed by atoms with Gasteiger partial charge >= 0.3 is 0 Å². The Bertz CT molecular complexity index is 1180. The van der Waals surface area contributed by atoms with Crippen molar-refractivity contribution in [3.63, 3.8) is 0 Å². The predicted octanol–water partition coefficient (Wildman–Crippen LogP) is 5.56. The average Bonchev–Trinajstić information content (AvgIpc) is 3.32. The number of para-hydroxylation sites is 1. The summed E-state index contributed by atoms with van der Waals surface area (Å²) in [7, 11) is 0. The summed E-state index contributed by atoms with van der Waals surface area (Å²) in [5, 5.41) is 3.49. The second-order valence-corrected chi connectivity index (χ2v) is 8.90. The minimum atomic E-state index is -0.283. The molecule has 34 heavy (non-hydrogen) atoms. The first-order valence-corrected chi connectivity index (χ1v) is 11.8. The van der Waals surface area contributed by atoms with Crippen molar-refractivity contribution in [1.29, 1.82) is 0 Å². The van der Waals surface area contributed by atoms with Crippen LogP contribution in [0, 0.1) is 5.92 Å². The number of nitrogens with zero attached hydrogens (tertiary/aromatic N) is 2. The number of piperazine rings is 1. The summed E-state index contributed by atoms with van der Waals surface area (Å²) < 4.78 is 5.83. The van der Waals surface area contributed by atoms with Gasteiger partial charge in [0.25, 0.3) is 0 Å². The summed E-state index contributed by atoms with van der Waals surface area (Å²) in [5.41, 5.74) is 2.38. The highest BCUT2D eigenvalue weighted by atomic mass is 35.5. The Balaban J connectivity index is 1.43. The lowest BCUT2D eigenvalue weighted by molar-refractivity contribution is -0.134. The minimum absolute atomic E-state index is 0.0218. The smallest absolute Gasteiger partial charge is 0.248 e. The van der Waals surface area contributed by atoms with Crippen LogP contribution in [0.3, 0.4) is 0 Å². The van der Waals surface area contributed by atoms with Crippen molar-refractivity contribution in [3.05, 3.63) is 77.5 Å². The molecule has 3 aromatic rings. The van der Waals surface area contributed by atoms with Crippen molar-refractivity contribution in [3.8, 4) is 11.3 Å². The number of amides is 2.